The highest BCUT2D eigenvalue weighted by Gasteiger charge is 2.64. The smallest absolute Gasteiger partial charge is 0.327 e. The van der Waals surface area contributed by atoms with Crippen molar-refractivity contribution in [2.24, 2.45) is 4.99 Å². The SMILES string of the molecule is CC1(C)S[C@@H]2[C@H](N=CN3[C@@H]4CC[C@H]3CC(OC(c3ccccc3)c3ccccc3)C4)C(=O)N2[C@H]1C(=O)O. The van der Waals surface area contributed by atoms with Gasteiger partial charge in [0.05, 0.1) is 12.4 Å². The zero-order chi connectivity index (χ0) is 25.7. The first-order valence-electron chi connectivity index (χ1n) is 13.1. The van der Waals surface area contributed by atoms with Crippen LogP contribution < -0.4 is 0 Å². The molecule has 1 N–H and O–H groups in total. The second kappa shape index (κ2) is 9.48. The van der Waals surface area contributed by atoms with Crippen molar-refractivity contribution in [3.05, 3.63) is 71.8 Å². The number of aliphatic imine (C=N–C) groups is 1. The van der Waals surface area contributed by atoms with Crippen LogP contribution in [0.4, 0.5) is 0 Å². The molecule has 4 saturated heterocycles. The Morgan fingerprint density at radius 1 is 1.05 bits per heavy atom. The lowest BCUT2D eigenvalue weighted by Crippen LogP contribution is -2.65. The van der Waals surface area contributed by atoms with E-state index in [1.54, 1.807) is 11.8 Å². The van der Waals surface area contributed by atoms with E-state index in [1.165, 1.54) is 4.90 Å². The fourth-order valence-electron chi connectivity index (χ4n) is 6.54. The standard InChI is InChI=1S/C29H33N3O4S/c1-29(2)25(28(34)35)32-26(33)23(27(32)37-29)30-17-31-20-13-14-21(31)16-22(15-20)36-24(18-9-5-3-6-10-18)19-11-7-4-8-12-19/h3-12,17,20-25,27H,13-16H2,1-2H3,(H,34,35)/t20-,21+,22?,23-,25+,27-/m1/s1. The minimum absolute atomic E-state index is 0.101. The van der Waals surface area contributed by atoms with Gasteiger partial charge in [0.2, 0.25) is 0 Å². The van der Waals surface area contributed by atoms with Crippen LogP contribution in [0.25, 0.3) is 0 Å². The maximum absolute atomic E-state index is 12.8. The number of aliphatic carboxylic acids is 1. The van der Waals surface area contributed by atoms with Crippen LogP contribution in [0.5, 0.6) is 0 Å². The Hall–Kier alpha value is -2.84. The number of hydrogen-bond donors (Lipinski definition) is 1. The Bertz CT molecular complexity index is 1140. The van der Waals surface area contributed by atoms with Gasteiger partial charge in [-0.05, 0) is 50.7 Å². The number of carboxylic acid groups (broad SMARTS) is 1. The number of carbonyl (C=O) groups excluding carboxylic acids is 1. The average molecular weight is 520 g/mol. The molecule has 6 atom stereocenters. The summed E-state index contributed by atoms with van der Waals surface area (Å²) in [6.07, 6.45) is 5.97. The van der Waals surface area contributed by atoms with Gasteiger partial charge in [-0.3, -0.25) is 9.79 Å². The zero-order valence-electron chi connectivity index (χ0n) is 21.1. The molecule has 7 nitrogen and oxygen atoms in total. The van der Waals surface area contributed by atoms with Crippen LogP contribution in [0.2, 0.25) is 0 Å². The fraction of sp³-hybridized carbons (Fsp3) is 0.483. The van der Waals surface area contributed by atoms with E-state index < -0.39 is 22.8 Å². The predicted octanol–water partition coefficient (Wildman–Crippen LogP) is 4.33. The van der Waals surface area contributed by atoms with Gasteiger partial charge in [0, 0.05) is 16.8 Å². The van der Waals surface area contributed by atoms with Crippen molar-refractivity contribution in [1.29, 1.82) is 0 Å². The number of ether oxygens (including phenoxy) is 1. The molecule has 1 amide bonds. The summed E-state index contributed by atoms with van der Waals surface area (Å²) in [5.41, 5.74) is 2.32. The van der Waals surface area contributed by atoms with E-state index in [1.807, 2.05) is 32.3 Å². The molecule has 8 heteroatoms. The molecule has 4 fully saturated rings. The predicted molar refractivity (Wildman–Crippen MR) is 143 cm³/mol. The van der Waals surface area contributed by atoms with E-state index in [2.05, 4.69) is 53.4 Å². The van der Waals surface area contributed by atoms with Gasteiger partial charge in [0.15, 0.2) is 6.04 Å². The molecule has 4 aliphatic heterocycles. The van der Waals surface area contributed by atoms with Gasteiger partial charge in [-0.25, -0.2) is 4.79 Å². The number of hydrogen-bond acceptors (Lipinski definition) is 5. The van der Waals surface area contributed by atoms with Crippen LogP contribution in [0.15, 0.2) is 65.7 Å². The first-order chi connectivity index (χ1) is 17.8. The first kappa shape index (κ1) is 24.5. The van der Waals surface area contributed by atoms with E-state index >= 15 is 0 Å². The van der Waals surface area contributed by atoms with E-state index in [9.17, 15) is 14.7 Å². The highest BCUT2D eigenvalue weighted by Crippen LogP contribution is 2.51. The molecular formula is C29H33N3O4S. The maximum Gasteiger partial charge on any atom is 0.327 e. The van der Waals surface area contributed by atoms with Gasteiger partial charge in [-0.15, -0.1) is 11.8 Å². The molecule has 0 aliphatic carbocycles. The number of carboxylic acids is 1. The number of thioether (sulfide) groups is 1. The van der Waals surface area contributed by atoms with Crippen LogP contribution in [-0.4, -0.2) is 73.5 Å². The van der Waals surface area contributed by atoms with Crippen LogP contribution >= 0.6 is 11.8 Å². The Morgan fingerprint density at radius 2 is 1.62 bits per heavy atom. The lowest BCUT2D eigenvalue weighted by Gasteiger charge is -2.42. The summed E-state index contributed by atoms with van der Waals surface area (Å²) >= 11 is 1.54. The summed E-state index contributed by atoms with van der Waals surface area (Å²) in [6.45, 7) is 3.79. The first-order valence-corrected chi connectivity index (χ1v) is 14.0. The second-order valence-electron chi connectivity index (χ2n) is 11.1. The number of β-lactam (4-membered cyclic amide) rings is 1. The number of fused-ring (bicyclic) bond motifs is 3. The van der Waals surface area contributed by atoms with Crippen LogP contribution in [0.3, 0.4) is 0 Å². The third-order valence-electron chi connectivity index (χ3n) is 8.29. The molecule has 0 spiro atoms. The van der Waals surface area contributed by atoms with Crippen LogP contribution in [0.1, 0.15) is 56.8 Å². The number of carbonyl (C=O) groups is 2. The second-order valence-corrected chi connectivity index (χ2v) is 12.8. The quantitative estimate of drug-likeness (QED) is 0.333. The van der Waals surface area contributed by atoms with E-state index in [-0.39, 0.29) is 23.5 Å². The third-order valence-corrected chi connectivity index (χ3v) is 9.84. The summed E-state index contributed by atoms with van der Waals surface area (Å²) < 4.78 is 6.26. The molecule has 1 unspecified atom stereocenters. The Balaban J connectivity index is 1.13. The Kier molecular flexibility index (Phi) is 6.27. The highest BCUT2D eigenvalue weighted by molar-refractivity contribution is 8.01. The van der Waals surface area contributed by atoms with E-state index in [0.29, 0.717) is 12.1 Å². The van der Waals surface area contributed by atoms with Crippen molar-refractivity contribution in [2.75, 3.05) is 0 Å². The number of piperidine rings is 1. The van der Waals surface area contributed by atoms with Crippen molar-refractivity contribution in [3.8, 4) is 0 Å². The summed E-state index contributed by atoms with van der Waals surface area (Å²) in [4.78, 5) is 33.2. The van der Waals surface area contributed by atoms with Crippen LogP contribution in [0, 0.1) is 0 Å². The molecular weight excluding hydrogens is 486 g/mol. The van der Waals surface area contributed by atoms with Crippen molar-refractivity contribution in [1.82, 2.24) is 9.80 Å². The van der Waals surface area contributed by atoms with Gasteiger partial charge in [-0.1, -0.05) is 60.7 Å². The number of nitrogens with zero attached hydrogens (tertiary/aromatic N) is 3. The largest absolute Gasteiger partial charge is 0.480 e. The monoisotopic (exact) mass is 519 g/mol. The summed E-state index contributed by atoms with van der Waals surface area (Å²) in [7, 11) is 0. The lowest BCUT2D eigenvalue weighted by molar-refractivity contribution is -0.158. The molecule has 4 aliphatic rings. The van der Waals surface area contributed by atoms with Crippen molar-refractivity contribution >= 4 is 30.0 Å². The van der Waals surface area contributed by atoms with Crippen molar-refractivity contribution in [2.45, 2.75) is 86.0 Å². The molecule has 2 aromatic carbocycles. The number of rotatable bonds is 7. The fourth-order valence-corrected chi connectivity index (χ4v) is 8.16. The van der Waals surface area contributed by atoms with Gasteiger partial charge in [-0.2, -0.15) is 0 Å². The third kappa shape index (κ3) is 4.34. The van der Waals surface area contributed by atoms with Gasteiger partial charge in [0.25, 0.3) is 5.91 Å². The zero-order valence-corrected chi connectivity index (χ0v) is 22.0. The van der Waals surface area contributed by atoms with Crippen molar-refractivity contribution in [3.63, 3.8) is 0 Å². The molecule has 0 radical (unpaired) electrons. The number of amides is 1. The van der Waals surface area contributed by atoms with E-state index in [4.69, 9.17) is 9.73 Å². The van der Waals surface area contributed by atoms with Crippen LogP contribution in [-0.2, 0) is 14.3 Å². The Morgan fingerprint density at radius 3 is 2.16 bits per heavy atom. The molecule has 2 bridgehead atoms. The minimum Gasteiger partial charge on any atom is -0.480 e. The average Bonchev–Trinajstić information content (AvgIpc) is 3.28. The number of benzene rings is 2. The summed E-state index contributed by atoms with van der Waals surface area (Å²) in [6, 6.07) is 20.2. The summed E-state index contributed by atoms with van der Waals surface area (Å²) in [5.74, 6) is -1.12. The van der Waals surface area contributed by atoms with Gasteiger partial charge >= 0.3 is 5.97 Å². The van der Waals surface area contributed by atoms with Crippen molar-refractivity contribution < 1.29 is 19.4 Å². The summed E-state index contributed by atoms with van der Waals surface area (Å²) in [5, 5.41) is 9.46. The molecule has 0 saturated carbocycles. The molecule has 4 heterocycles. The maximum atomic E-state index is 12.8. The molecule has 37 heavy (non-hydrogen) atoms. The van der Waals surface area contributed by atoms with Gasteiger partial charge < -0.3 is 19.6 Å². The lowest BCUT2D eigenvalue weighted by atomic mass is 9.96. The van der Waals surface area contributed by atoms with E-state index in [0.717, 1.165) is 36.8 Å². The Labute approximate surface area is 221 Å². The highest BCUT2D eigenvalue weighted by atomic mass is 32.2. The molecule has 0 aromatic heterocycles. The molecule has 6 rings (SSSR count). The minimum atomic E-state index is -0.944. The van der Waals surface area contributed by atoms with Gasteiger partial charge in [0.1, 0.15) is 17.5 Å². The normalized spacial score (nSPS) is 32.1. The molecule has 194 valence electrons. The molecule has 2 aromatic rings. The topological polar surface area (TPSA) is 82.4 Å².